The van der Waals surface area contributed by atoms with E-state index < -0.39 is 0 Å². The van der Waals surface area contributed by atoms with Crippen LogP contribution >= 0.6 is 27.3 Å². The first-order valence-corrected chi connectivity index (χ1v) is 8.73. The molecule has 0 aliphatic carbocycles. The van der Waals surface area contributed by atoms with Gasteiger partial charge in [0.05, 0.1) is 0 Å². The molecule has 5 heteroatoms. The molecule has 3 nitrogen and oxygen atoms in total. The van der Waals surface area contributed by atoms with E-state index in [1.165, 1.54) is 10.4 Å². The first kappa shape index (κ1) is 14.9. The molecular weight excluding hydrogens is 350 g/mol. The van der Waals surface area contributed by atoms with Crippen LogP contribution in [0.5, 0.6) is 11.5 Å². The molecule has 0 amide bonds. The number of benzene rings is 1. The molecule has 3 rings (SSSR count). The Morgan fingerprint density at radius 2 is 2.14 bits per heavy atom. The summed E-state index contributed by atoms with van der Waals surface area (Å²) >= 11 is 5.27. The van der Waals surface area contributed by atoms with Crippen LogP contribution in [-0.2, 0) is 13.0 Å². The smallest absolute Gasteiger partial charge is 0.231 e. The normalized spacial score (nSPS) is 14.4. The fourth-order valence-corrected chi connectivity index (χ4v) is 3.70. The zero-order chi connectivity index (χ0) is 14.7. The highest BCUT2D eigenvalue weighted by Gasteiger charge is 2.13. The van der Waals surface area contributed by atoms with Gasteiger partial charge in [-0.25, -0.2) is 0 Å². The predicted molar refractivity (Wildman–Crippen MR) is 89.2 cm³/mol. The number of hydrogen-bond acceptors (Lipinski definition) is 4. The molecule has 2 aromatic rings. The molecule has 0 saturated heterocycles. The molecule has 0 fully saturated rings. The summed E-state index contributed by atoms with van der Waals surface area (Å²) in [4.78, 5) is 1.36. The number of aryl methyl sites for hydroxylation is 1. The SMILES string of the molecule is CC(CCc1ccc2c(c1)OCO2)NCc1cc(Br)cs1. The second kappa shape index (κ2) is 6.81. The molecule has 1 aromatic carbocycles. The summed E-state index contributed by atoms with van der Waals surface area (Å²) in [6.07, 6.45) is 2.14. The molecule has 0 bridgehead atoms. The van der Waals surface area contributed by atoms with Crippen LogP contribution in [0.15, 0.2) is 34.1 Å². The molecular formula is C16H18BrNO2S. The van der Waals surface area contributed by atoms with Gasteiger partial charge in [0.25, 0.3) is 0 Å². The Balaban J connectivity index is 1.46. The summed E-state index contributed by atoms with van der Waals surface area (Å²) < 4.78 is 11.9. The van der Waals surface area contributed by atoms with Crippen LogP contribution in [0.1, 0.15) is 23.8 Å². The lowest BCUT2D eigenvalue weighted by atomic mass is 10.1. The van der Waals surface area contributed by atoms with E-state index in [0.29, 0.717) is 12.8 Å². The fourth-order valence-electron chi connectivity index (χ4n) is 2.30. The van der Waals surface area contributed by atoms with Crippen LogP contribution in [0.3, 0.4) is 0 Å². The Bertz CT molecular complexity index is 614. The molecule has 1 aliphatic heterocycles. The number of fused-ring (bicyclic) bond motifs is 1. The summed E-state index contributed by atoms with van der Waals surface area (Å²) in [6, 6.07) is 8.86. The van der Waals surface area contributed by atoms with Crippen LogP contribution in [-0.4, -0.2) is 12.8 Å². The minimum absolute atomic E-state index is 0.340. The third-order valence-electron chi connectivity index (χ3n) is 3.55. The van der Waals surface area contributed by atoms with Crippen molar-refractivity contribution < 1.29 is 9.47 Å². The van der Waals surface area contributed by atoms with Gasteiger partial charge < -0.3 is 14.8 Å². The lowest BCUT2D eigenvalue weighted by Crippen LogP contribution is -2.25. The quantitative estimate of drug-likeness (QED) is 0.822. The van der Waals surface area contributed by atoms with Crippen molar-refractivity contribution in [2.75, 3.05) is 6.79 Å². The van der Waals surface area contributed by atoms with Crippen molar-refractivity contribution in [3.8, 4) is 11.5 Å². The largest absolute Gasteiger partial charge is 0.454 e. The zero-order valence-corrected chi connectivity index (χ0v) is 14.3. The monoisotopic (exact) mass is 367 g/mol. The van der Waals surface area contributed by atoms with Crippen molar-refractivity contribution >= 4 is 27.3 Å². The van der Waals surface area contributed by atoms with E-state index in [2.05, 4.69) is 51.7 Å². The fraction of sp³-hybridized carbons (Fsp3) is 0.375. The Labute approximate surface area is 137 Å². The molecule has 112 valence electrons. The van der Waals surface area contributed by atoms with Gasteiger partial charge in [0, 0.05) is 27.3 Å². The standard InChI is InChI=1S/C16H18BrNO2S/c1-11(18-8-14-7-13(17)9-21-14)2-3-12-4-5-15-16(6-12)20-10-19-15/h4-7,9,11,18H,2-3,8,10H2,1H3. The van der Waals surface area contributed by atoms with Crippen molar-refractivity contribution in [1.29, 1.82) is 0 Å². The van der Waals surface area contributed by atoms with Gasteiger partial charge in [-0.05, 0) is 59.5 Å². The van der Waals surface area contributed by atoms with Gasteiger partial charge in [0.15, 0.2) is 11.5 Å². The van der Waals surface area contributed by atoms with Crippen molar-refractivity contribution in [3.63, 3.8) is 0 Å². The summed E-state index contributed by atoms with van der Waals surface area (Å²) in [7, 11) is 0. The Morgan fingerprint density at radius 1 is 1.29 bits per heavy atom. The minimum atomic E-state index is 0.340. The van der Waals surface area contributed by atoms with E-state index in [-0.39, 0.29) is 0 Å². The number of halogens is 1. The van der Waals surface area contributed by atoms with Gasteiger partial charge >= 0.3 is 0 Å². The number of hydrogen-bond donors (Lipinski definition) is 1. The molecule has 21 heavy (non-hydrogen) atoms. The minimum Gasteiger partial charge on any atom is -0.454 e. The van der Waals surface area contributed by atoms with Gasteiger partial charge in [-0.1, -0.05) is 6.07 Å². The third-order valence-corrected chi connectivity index (χ3v) is 5.25. The van der Waals surface area contributed by atoms with Crippen LogP contribution in [0.4, 0.5) is 0 Å². The topological polar surface area (TPSA) is 30.5 Å². The van der Waals surface area contributed by atoms with E-state index in [4.69, 9.17) is 9.47 Å². The Kier molecular flexibility index (Phi) is 4.83. The summed E-state index contributed by atoms with van der Waals surface area (Å²) in [5.41, 5.74) is 1.30. The Morgan fingerprint density at radius 3 is 2.95 bits per heavy atom. The lowest BCUT2D eigenvalue weighted by molar-refractivity contribution is 0.174. The zero-order valence-electron chi connectivity index (χ0n) is 11.9. The predicted octanol–water partition coefficient (Wildman–Crippen LogP) is 4.35. The average Bonchev–Trinajstić information content (AvgIpc) is 3.10. The maximum absolute atomic E-state index is 5.41. The van der Waals surface area contributed by atoms with Crippen molar-refractivity contribution in [2.24, 2.45) is 0 Å². The summed E-state index contributed by atoms with van der Waals surface area (Å²) in [5, 5.41) is 5.69. The Hall–Kier alpha value is -1.04. The second-order valence-corrected chi connectivity index (χ2v) is 7.15. The van der Waals surface area contributed by atoms with Crippen molar-refractivity contribution in [2.45, 2.75) is 32.4 Å². The highest BCUT2D eigenvalue weighted by molar-refractivity contribution is 9.10. The van der Waals surface area contributed by atoms with Gasteiger partial charge in [0.2, 0.25) is 6.79 Å². The number of nitrogens with one attached hydrogen (secondary N) is 1. The maximum Gasteiger partial charge on any atom is 0.231 e. The molecule has 0 radical (unpaired) electrons. The number of thiophene rings is 1. The van der Waals surface area contributed by atoms with Gasteiger partial charge in [0.1, 0.15) is 0 Å². The molecule has 2 heterocycles. The van der Waals surface area contributed by atoms with E-state index in [9.17, 15) is 0 Å². The maximum atomic E-state index is 5.41. The van der Waals surface area contributed by atoms with E-state index in [1.807, 2.05) is 6.07 Å². The van der Waals surface area contributed by atoms with Crippen LogP contribution in [0.2, 0.25) is 0 Å². The lowest BCUT2D eigenvalue weighted by Gasteiger charge is -2.13. The van der Waals surface area contributed by atoms with Crippen LogP contribution in [0, 0.1) is 0 Å². The van der Waals surface area contributed by atoms with Crippen LogP contribution < -0.4 is 14.8 Å². The second-order valence-electron chi connectivity index (χ2n) is 5.24. The van der Waals surface area contributed by atoms with Gasteiger partial charge in [-0.2, -0.15) is 0 Å². The summed E-state index contributed by atoms with van der Waals surface area (Å²) in [6.45, 7) is 3.50. The van der Waals surface area contributed by atoms with Crippen LogP contribution in [0.25, 0.3) is 0 Å². The van der Waals surface area contributed by atoms with Crippen molar-refractivity contribution in [3.05, 3.63) is 44.6 Å². The highest BCUT2D eigenvalue weighted by atomic mass is 79.9. The van der Waals surface area contributed by atoms with E-state index >= 15 is 0 Å². The molecule has 1 unspecified atom stereocenters. The first-order chi connectivity index (χ1) is 10.2. The average molecular weight is 368 g/mol. The highest BCUT2D eigenvalue weighted by Crippen LogP contribution is 2.32. The molecule has 1 aromatic heterocycles. The molecule has 1 atom stereocenters. The number of ether oxygens (including phenoxy) is 2. The molecule has 1 aliphatic rings. The van der Waals surface area contributed by atoms with Crippen molar-refractivity contribution in [1.82, 2.24) is 5.32 Å². The summed E-state index contributed by atoms with van der Waals surface area (Å²) in [5.74, 6) is 1.73. The van der Waals surface area contributed by atoms with E-state index in [0.717, 1.165) is 35.4 Å². The molecule has 0 spiro atoms. The van der Waals surface area contributed by atoms with Gasteiger partial charge in [-0.15, -0.1) is 11.3 Å². The molecule has 0 saturated carbocycles. The first-order valence-electron chi connectivity index (χ1n) is 7.05. The van der Waals surface area contributed by atoms with E-state index in [1.54, 1.807) is 11.3 Å². The molecule has 1 N–H and O–H groups in total. The third kappa shape index (κ3) is 3.99. The van der Waals surface area contributed by atoms with Gasteiger partial charge in [-0.3, -0.25) is 0 Å². The number of rotatable bonds is 6.